The molecule has 19 heavy (non-hydrogen) atoms. The van der Waals surface area contributed by atoms with Crippen molar-refractivity contribution in [3.63, 3.8) is 0 Å². The van der Waals surface area contributed by atoms with E-state index in [1.54, 1.807) is 25.3 Å². The summed E-state index contributed by atoms with van der Waals surface area (Å²) in [7, 11) is 1.62. The first-order valence-electron chi connectivity index (χ1n) is 5.89. The first-order chi connectivity index (χ1) is 9.26. The zero-order valence-corrected chi connectivity index (χ0v) is 11.4. The molecular formula is C15H15ClO3. The second-order valence-electron chi connectivity index (χ2n) is 3.98. The van der Waals surface area contributed by atoms with Crippen molar-refractivity contribution in [2.24, 2.45) is 0 Å². The van der Waals surface area contributed by atoms with Gasteiger partial charge < -0.3 is 14.6 Å². The van der Waals surface area contributed by atoms with E-state index in [-0.39, 0.29) is 6.61 Å². The maximum atomic E-state index is 9.31. The summed E-state index contributed by atoms with van der Waals surface area (Å²) in [6.07, 6.45) is 0. The Labute approximate surface area is 117 Å². The Bertz CT molecular complexity index is 555. The topological polar surface area (TPSA) is 38.7 Å². The molecule has 0 aliphatic rings. The van der Waals surface area contributed by atoms with Crippen LogP contribution in [0, 0.1) is 0 Å². The number of methoxy groups -OCH3 is 1. The third-order valence-corrected chi connectivity index (χ3v) is 3.16. The van der Waals surface area contributed by atoms with Gasteiger partial charge in [-0.15, -0.1) is 0 Å². The summed E-state index contributed by atoms with van der Waals surface area (Å²) < 4.78 is 11.0. The number of ether oxygens (including phenoxy) is 2. The molecule has 0 heterocycles. The molecule has 4 heteroatoms. The van der Waals surface area contributed by atoms with Crippen molar-refractivity contribution in [2.75, 3.05) is 7.11 Å². The van der Waals surface area contributed by atoms with Gasteiger partial charge in [-0.3, -0.25) is 0 Å². The zero-order chi connectivity index (χ0) is 13.7. The van der Waals surface area contributed by atoms with E-state index in [1.807, 2.05) is 24.3 Å². The first-order valence-corrected chi connectivity index (χ1v) is 6.27. The number of benzene rings is 2. The van der Waals surface area contributed by atoms with Crippen LogP contribution in [0.5, 0.6) is 11.5 Å². The van der Waals surface area contributed by atoms with E-state index in [2.05, 4.69) is 0 Å². The van der Waals surface area contributed by atoms with Crippen molar-refractivity contribution in [3.8, 4) is 11.5 Å². The molecule has 0 fully saturated rings. The second-order valence-corrected chi connectivity index (χ2v) is 4.38. The van der Waals surface area contributed by atoms with Gasteiger partial charge in [0.15, 0.2) is 0 Å². The number of hydrogen-bond acceptors (Lipinski definition) is 3. The molecule has 0 aliphatic heterocycles. The summed E-state index contributed by atoms with van der Waals surface area (Å²) in [5.41, 5.74) is 1.54. The number of halogens is 1. The number of aliphatic hydroxyl groups is 1. The largest absolute Gasteiger partial charge is 0.496 e. The molecule has 0 bridgehead atoms. The molecule has 3 nitrogen and oxygen atoms in total. The lowest BCUT2D eigenvalue weighted by Gasteiger charge is -2.13. The quantitative estimate of drug-likeness (QED) is 0.911. The Kier molecular flexibility index (Phi) is 4.66. The van der Waals surface area contributed by atoms with Crippen molar-refractivity contribution in [2.45, 2.75) is 13.2 Å². The van der Waals surface area contributed by atoms with Gasteiger partial charge in [-0.05, 0) is 18.2 Å². The molecule has 0 spiro atoms. The van der Waals surface area contributed by atoms with Crippen LogP contribution in [-0.2, 0) is 13.2 Å². The van der Waals surface area contributed by atoms with E-state index in [1.165, 1.54) is 0 Å². The van der Waals surface area contributed by atoms with Crippen molar-refractivity contribution < 1.29 is 14.6 Å². The van der Waals surface area contributed by atoms with Gasteiger partial charge in [0.2, 0.25) is 0 Å². The fourth-order valence-electron chi connectivity index (χ4n) is 1.81. The zero-order valence-electron chi connectivity index (χ0n) is 10.6. The van der Waals surface area contributed by atoms with Crippen molar-refractivity contribution in [3.05, 3.63) is 58.6 Å². The summed E-state index contributed by atoms with van der Waals surface area (Å²) in [5, 5.41) is 9.81. The van der Waals surface area contributed by atoms with Gasteiger partial charge in [-0.25, -0.2) is 0 Å². The van der Waals surface area contributed by atoms with E-state index in [9.17, 15) is 5.11 Å². The van der Waals surface area contributed by atoms with Crippen LogP contribution >= 0.6 is 11.6 Å². The van der Waals surface area contributed by atoms with Gasteiger partial charge in [0.25, 0.3) is 0 Å². The molecule has 0 unspecified atom stereocenters. The minimum atomic E-state index is -0.152. The van der Waals surface area contributed by atoms with Gasteiger partial charge >= 0.3 is 0 Å². The van der Waals surface area contributed by atoms with E-state index < -0.39 is 0 Å². The van der Waals surface area contributed by atoms with Gasteiger partial charge in [0.05, 0.1) is 13.7 Å². The van der Waals surface area contributed by atoms with Crippen molar-refractivity contribution >= 4 is 11.6 Å². The Morgan fingerprint density at radius 1 is 1.05 bits per heavy atom. The number of para-hydroxylation sites is 1. The fraction of sp³-hybridized carbons (Fsp3) is 0.200. The molecule has 0 aliphatic carbocycles. The predicted octanol–water partition coefficient (Wildman–Crippen LogP) is 3.42. The highest BCUT2D eigenvalue weighted by molar-refractivity contribution is 6.31. The highest BCUT2D eigenvalue weighted by Gasteiger charge is 2.08. The molecule has 2 aromatic carbocycles. The second kappa shape index (κ2) is 6.45. The maximum absolute atomic E-state index is 9.31. The van der Waals surface area contributed by atoms with E-state index >= 15 is 0 Å². The Balaban J connectivity index is 2.17. The van der Waals surface area contributed by atoms with Crippen molar-refractivity contribution in [1.82, 2.24) is 0 Å². The molecule has 0 saturated carbocycles. The molecular weight excluding hydrogens is 264 g/mol. The Morgan fingerprint density at radius 3 is 2.53 bits per heavy atom. The van der Waals surface area contributed by atoms with Gasteiger partial charge in [0.1, 0.15) is 18.1 Å². The highest BCUT2D eigenvalue weighted by Crippen LogP contribution is 2.28. The van der Waals surface area contributed by atoms with E-state index in [0.717, 1.165) is 11.3 Å². The number of rotatable bonds is 5. The van der Waals surface area contributed by atoms with Gasteiger partial charge in [-0.2, -0.15) is 0 Å². The molecule has 2 rings (SSSR count). The van der Waals surface area contributed by atoms with Crippen LogP contribution in [0.4, 0.5) is 0 Å². The molecule has 1 N–H and O–H groups in total. The Morgan fingerprint density at radius 2 is 1.79 bits per heavy atom. The van der Waals surface area contributed by atoms with Crippen LogP contribution < -0.4 is 9.47 Å². The van der Waals surface area contributed by atoms with Gasteiger partial charge in [-0.1, -0.05) is 35.9 Å². The molecule has 100 valence electrons. The lowest BCUT2D eigenvalue weighted by Crippen LogP contribution is -2.01. The highest BCUT2D eigenvalue weighted by atomic mass is 35.5. The van der Waals surface area contributed by atoms with Crippen LogP contribution in [-0.4, -0.2) is 12.2 Å². The molecule has 0 saturated heterocycles. The van der Waals surface area contributed by atoms with Crippen molar-refractivity contribution in [1.29, 1.82) is 0 Å². The standard InChI is InChI=1S/C15H15ClO3/c1-18-14-7-3-2-5-11(14)10-19-15-8-4-6-13(16)12(15)9-17/h2-8,17H,9-10H2,1H3. The normalized spacial score (nSPS) is 10.3. The third-order valence-electron chi connectivity index (χ3n) is 2.81. The summed E-state index contributed by atoms with van der Waals surface area (Å²) >= 11 is 6.01. The molecule has 2 aromatic rings. The fourth-order valence-corrected chi connectivity index (χ4v) is 2.03. The van der Waals surface area contributed by atoms with Crippen LogP contribution in [0.25, 0.3) is 0 Å². The first kappa shape index (κ1) is 13.7. The van der Waals surface area contributed by atoms with Crippen LogP contribution in [0.15, 0.2) is 42.5 Å². The summed E-state index contributed by atoms with van der Waals surface area (Å²) in [6, 6.07) is 12.9. The minimum Gasteiger partial charge on any atom is -0.496 e. The minimum absolute atomic E-state index is 0.152. The van der Waals surface area contributed by atoms with Crippen LogP contribution in [0.3, 0.4) is 0 Å². The Hall–Kier alpha value is -1.71. The van der Waals surface area contributed by atoms with Crippen LogP contribution in [0.1, 0.15) is 11.1 Å². The van der Waals surface area contributed by atoms with Crippen LogP contribution in [0.2, 0.25) is 5.02 Å². The monoisotopic (exact) mass is 278 g/mol. The third kappa shape index (κ3) is 3.19. The maximum Gasteiger partial charge on any atom is 0.126 e. The average Bonchev–Trinajstić information content (AvgIpc) is 2.45. The van der Waals surface area contributed by atoms with E-state index in [0.29, 0.717) is 22.9 Å². The number of aliphatic hydroxyl groups excluding tert-OH is 1. The predicted molar refractivity (Wildman–Crippen MR) is 74.7 cm³/mol. The SMILES string of the molecule is COc1ccccc1COc1cccc(Cl)c1CO. The lowest BCUT2D eigenvalue weighted by molar-refractivity contribution is 0.257. The number of hydrogen-bond donors (Lipinski definition) is 1. The molecule has 0 amide bonds. The molecule has 0 aromatic heterocycles. The van der Waals surface area contributed by atoms with Gasteiger partial charge in [0, 0.05) is 16.1 Å². The summed E-state index contributed by atoms with van der Waals surface area (Å²) in [4.78, 5) is 0. The van der Waals surface area contributed by atoms with E-state index in [4.69, 9.17) is 21.1 Å². The molecule has 0 radical (unpaired) electrons. The summed E-state index contributed by atoms with van der Waals surface area (Å²) in [5.74, 6) is 1.36. The smallest absolute Gasteiger partial charge is 0.126 e. The average molecular weight is 279 g/mol. The molecule has 0 atom stereocenters. The lowest BCUT2D eigenvalue weighted by atomic mass is 10.2. The summed E-state index contributed by atoms with van der Waals surface area (Å²) in [6.45, 7) is 0.207.